The molecule has 0 amide bonds. The molecule has 1 aromatic carbocycles. The van der Waals surface area contributed by atoms with E-state index in [0.29, 0.717) is 18.4 Å². The van der Waals surface area contributed by atoms with Crippen molar-refractivity contribution in [3.63, 3.8) is 0 Å². The van der Waals surface area contributed by atoms with Gasteiger partial charge in [-0.15, -0.1) is 0 Å². The molecule has 0 bridgehead atoms. The Morgan fingerprint density at radius 1 is 1.22 bits per heavy atom. The molecule has 0 aromatic heterocycles. The van der Waals surface area contributed by atoms with Crippen LogP contribution in [0.5, 0.6) is 11.5 Å². The number of carboxylic acid groups (broad SMARTS) is 1. The van der Waals surface area contributed by atoms with Crippen LogP contribution in [0.3, 0.4) is 0 Å². The van der Waals surface area contributed by atoms with Gasteiger partial charge in [-0.1, -0.05) is 26.8 Å². The van der Waals surface area contributed by atoms with Gasteiger partial charge < -0.3 is 15.3 Å². The lowest BCUT2D eigenvalue weighted by molar-refractivity contribution is -0.140. The van der Waals surface area contributed by atoms with Crippen molar-refractivity contribution < 1.29 is 20.1 Å². The first kappa shape index (κ1) is 12.7. The van der Waals surface area contributed by atoms with Crippen LogP contribution in [0.15, 0.2) is 12.1 Å². The Morgan fingerprint density at radius 3 is 2.17 bits per heavy atom. The van der Waals surface area contributed by atoms with Gasteiger partial charge in [0.15, 0.2) is 11.5 Å². The quantitative estimate of drug-likeness (QED) is 0.705. The third kappa shape index (κ3) is 1.82. The Kier molecular flexibility index (Phi) is 2.58. The van der Waals surface area contributed by atoms with Gasteiger partial charge in [-0.25, -0.2) is 0 Å². The predicted molar refractivity (Wildman–Crippen MR) is 67.0 cm³/mol. The SMILES string of the molecule is CC(C)(C)c1cc(O)c(O)c(C2(C(=O)O)CC2)c1. The van der Waals surface area contributed by atoms with Crippen LogP contribution in [-0.2, 0) is 15.6 Å². The lowest BCUT2D eigenvalue weighted by Gasteiger charge is -2.23. The Morgan fingerprint density at radius 2 is 1.78 bits per heavy atom. The van der Waals surface area contributed by atoms with Gasteiger partial charge in [-0.2, -0.15) is 0 Å². The van der Waals surface area contributed by atoms with Crippen molar-refractivity contribution in [2.45, 2.75) is 44.4 Å². The van der Waals surface area contributed by atoms with Crippen molar-refractivity contribution in [1.82, 2.24) is 0 Å². The molecule has 0 spiro atoms. The van der Waals surface area contributed by atoms with Gasteiger partial charge in [0.2, 0.25) is 0 Å². The fourth-order valence-electron chi connectivity index (χ4n) is 2.14. The fourth-order valence-corrected chi connectivity index (χ4v) is 2.14. The molecule has 2 rings (SSSR count). The number of rotatable bonds is 2. The topological polar surface area (TPSA) is 77.8 Å². The monoisotopic (exact) mass is 250 g/mol. The van der Waals surface area contributed by atoms with E-state index in [4.69, 9.17) is 0 Å². The summed E-state index contributed by atoms with van der Waals surface area (Å²) in [5.41, 5.74) is -0.0719. The van der Waals surface area contributed by atoms with Crippen molar-refractivity contribution in [1.29, 1.82) is 0 Å². The average molecular weight is 250 g/mol. The summed E-state index contributed by atoms with van der Waals surface area (Å²) >= 11 is 0. The molecular formula is C14H18O4. The molecule has 0 atom stereocenters. The number of phenolic OH excluding ortho intramolecular Hbond substituents is 2. The molecule has 1 aliphatic rings. The van der Waals surface area contributed by atoms with E-state index in [9.17, 15) is 20.1 Å². The number of carbonyl (C=O) groups is 1. The van der Waals surface area contributed by atoms with Crippen LogP contribution in [0.4, 0.5) is 0 Å². The van der Waals surface area contributed by atoms with Gasteiger partial charge in [0, 0.05) is 5.56 Å². The second kappa shape index (κ2) is 3.64. The van der Waals surface area contributed by atoms with E-state index in [-0.39, 0.29) is 16.9 Å². The highest BCUT2D eigenvalue weighted by molar-refractivity contribution is 5.86. The molecule has 0 radical (unpaired) electrons. The van der Waals surface area contributed by atoms with Gasteiger partial charge in [0.05, 0.1) is 5.41 Å². The van der Waals surface area contributed by atoms with Crippen molar-refractivity contribution in [2.24, 2.45) is 0 Å². The number of hydrogen-bond acceptors (Lipinski definition) is 3. The van der Waals surface area contributed by atoms with Crippen LogP contribution in [0.2, 0.25) is 0 Å². The van der Waals surface area contributed by atoms with Gasteiger partial charge in [-0.05, 0) is 29.9 Å². The molecule has 98 valence electrons. The molecule has 0 aliphatic heterocycles. The van der Waals surface area contributed by atoms with Crippen LogP contribution < -0.4 is 0 Å². The van der Waals surface area contributed by atoms with E-state index < -0.39 is 11.4 Å². The number of aromatic hydroxyl groups is 2. The van der Waals surface area contributed by atoms with E-state index in [1.807, 2.05) is 20.8 Å². The largest absolute Gasteiger partial charge is 0.504 e. The Bertz CT molecular complexity index is 507. The maximum atomic E-state index is 11.3. The Balaban J connectivity index is 2.61. The van der Waals surface area contributed by atoms with Crippen LogP contribution in [-0.4, -0.2) is 21.3 Å². The van der Waals surface area contributed by atoms with Crippen molar-refractivity contribution >= 4 is 5.97 Å². The standard InChI is InChI=1S/C14H18O4/c1-13(2,3)8-6-9(11(16)10(15)7-8)14(4-5-14)12(17)18/h6-7,15-16H,4-5H2,1-3H3,(H,17,18). The van der Waals surface area contributed by atoms with E-state index in [1.165, 1.54) is 6.07 Å². The minimum absolute atomic E-state index is 0.214. The maximum Gasteiger partial charge on any atom is 0.314 e. The summed E-state index contributed by atoms with van der Waals surface area (Å²) < 4.78 is 0. The minimum atomic E-state index is -1.01. The smallest absolute Gasteiger partial charge is 0.314 e. The summed E-state index contributed by atoms with van der Waals surface area (Å²) in [6, 6.07) is 3.20. The summed E-state index contributed by atoms with van der Waals surface area (Å²) in [6.45, 7) is 5.93. The van der Waals surface area contributed by atoms with Gasteiger partial charge in [0.1, 0.15) is 0 Å². The first-order chi connectivity index (χ1) is 8.18. The highest BCUT2D eigenvalue weighted by Gasteiger charge is 2.53. The van der Waals surface area contributed by atoms with Gasteiger partial charge in [0.25, 0.3) is 0 Å². The highest BCUT2D eigenvalue weighted by atomic mass is 16.4. The van der Waals surface area contributed by atoms with Gasteiger partial charge in [-0.3, -0.25) is 4.79 Å². The van der Waals surface area contributed by atoms with Crippen LogP contribution >= 0.6 is 0 Å². The number of benzene rings is 1. The molecule has 0 heterocycles. The summed E-state index contributed by atoms with van der Waals surface area (Å²) in [5.74, 6) is -1.49. The molecule has 0 saturated heterocycles. The zero-order valence-corrected chi connectivity index (χ0v) is 10.8. The minimum Gasteiger partial charge on any atom is -0.504 e. The summed E-state index contributed by atoms with van der Waals surface area (Å²) in [5, 5.41) is 28.9. The highest BCUT2D eigenvalue weighted by Crippen LogP contribution is 2.54. The lowest BCUT2D eigenvalue weighted by atomic mass is 9.83. The zero-order valence-electron chi connectivity index (χ0n) is 10.8. The molecule has 1 fully saturated rings. The summed E-state index contributed by atoms with van der Waals surface area (Å²) in [4.78, 5) is 11.3. The molecule has 4 heteroatoms. The fraction of sp³-hybridized carbons (Fsp3) is 0.500. The molecule has 4 nitrogen and oxygen atoms in total. The van der Waals surface area contributed by atoms with Crippen molar-refractivity contribution in [3.8, 4) is 11.5 Å². The molecule has 0 unspecified atom stereocenters. The predicted octanol–water partition coefficient (Wildman–Crippen LogP) is 2.51. The van der Waals surface area contributed by atoms with E-state index in [0.717, 1.165) is 5.56 Å². The van der Waals surface area contributed by atoms with Crippen molar-refractivity contribution in [2.75, 3.05) is 0 Å². The number of aliphatic carboxylic acids is 1. The van der Waals surface area contributed by atoms with Gasteiger partial charge >= 0.3 is 5.97 Å². The van der Waals surface area contributed by atoms with Crippen molar-refractivity contribution in [3.05, 3.63) is 23.3 Å². The van der Waals surface area contributed by atoms with E-state index >= 15 is 0 Å². The molecule has 3 N–H and O–H groups in total. The molecule has 1 saturated carbocycles. The van der Waals surface area contributed by atoms with E-state index in [1.54, 1.807) is 6.07 Å². The normalized spacial score (nSPS) is 17.5. The van der Waals surface area contributed by atoms with E-state index in [2.05, 4.69) is 0 Å². The molecular weight excluding hydrogens is 232 g/mol. The molecule has 18 heavy (non-hydrogen) atoms. The number of hydrogen-bond donors (Lipinski definition) is 3. The number of phenols is 2. The maximum absolute atomic E-state index is 11.3. The first-order valence-corrected chi connectivity index (χ1v) is 5.99. The molecule has 1 aliphatic carbocycles. The third-order valence-electron chi connectivity index (χ3n) is 3.63. The molecule has 1 aromatic rings. The third-order valence-corrected chi connectivity index (χ3v) is 3.63. The number of carboxylic acids is 1. The second-order valence-corrected chi connectivity index (χ2v) is 6.03. The van der Waals surface area contributed by atoms with Crippen LogP contribution in [0.1, 0.15) is 44.7 Å². The summed E-state index contributed by atoms with van der Waals surface area (Å²) in [6.07, 6.45) is 1.01. The summed E-state index contributed by atoms with van der Waals surface area (Å²) in [7, 11) is 0. The lowest BCUT2D eigenvalue weighted by Crippen LogP contribution is -2.21. The first-order valence-electron chi connectivity index (χ1n) is 5.99. The average Bonchev–Trinajstić information content (AvgIpc) is 3.01. The van der Waals surface area contributed by atoms with Crippen LogP contribution in [0.25, 0.3) is 0 Å². The zero-order chi connectivity index (χ0) is 13.7. The Labute approximate surface area is 106 Å². The Hall–Kier alpha value is -1.71. The second-order valence-electron chi connectivity index (χ2n) is 6.03. The van der Waals surface area contributed by atoms with Crippen LogP contribution in [0, 0.1) is 0 Å².